The van der Waals surface area contributed by atoms with Gasteiger partial charge < -0.3 is 49.6 Å². The highest BCUT2D eigenvalue weighted by atomic mass is 16.8. The molecule has 1 saturated heterocycles. The SMILES string of the molecule is COC(=O)C1=COC(OC2OC(CO)C(O)C(O)C2O)C2(O)C(C)CC(=O)C12O. The summed E-state index contributed by atoms with van der Waals surface area (Å²) in [7, 11) is 1.02. The summed E-state index contributed by atoms with van der Waals surface area (Å²) < 4.78 is 20.4. The average Bonchev–Trinajstić information content (AvgIpc) is 2.88. The molecule has 0 bridgehead atoms. The molecule has 0 amide bonds. The summed E-state index contributed by atoms with van der Waals surface area (Å²) in [5, 5.41) is 61.5. The minimum Gasteiger partial charge on any atom is -0.468 e. The zero-order valence-corrected chi connectivity index (χ0v) is 15.7. The number of aliphatic hydroxyl groups is 6. The second kappa shape index (κ2) is 7.56. The van der Waals surface area contributed by atoms with Crippen molar-refractivity contribution in [2.24, 2.45) is 5.92 Å². The Hall–Kier alpha value is -1.64. The first-order valence-corrected chi connectivity index (χ1v) is 8.92. The summed E-state index contributed by atoms with van der Waals surface area (Å²) in [6.45, 7) is 0.703. The molecule has 3 rings (SSSR count). The van der Waals surface area contributed by atoms with E-state index in [0.29, 0.717) is 6.26 Å². The molecule has 12 nitrogen and oxygen atoms in total. The minimum atomic E-state index is -2.71. The summed E-state index contributed by atoms with van der Waals surface area (Å²) in [5.41, 5.74) is -5.80. The first kappa shape index (κ1) is 22.1. The van der Waals surface area contributed by atoms with E-state index in [1.807, 2.05) is 0 Å². The van der Waals surface area contributed by atoms with Gasteiger partial charge in [0.25, 0.3) is 0 Å². The van der Waals surface area contributed by atoms with E-state index >= 15 is 0 Å². The van der Waals surface area contributed by atoms with Gasteiger partial charge in [-0.1, -0.05) is 6.92 Å². The van der Waals surface area contributed by atoms with Crippen LogP contribution >= 0.6 is 0 Å². The van der Waals surface area contributed by atoms with Crippen molar-refractivity contribution >= 4 is 11.8 Å². The van der Waals surface area contributed by atoms with Crippen LogP contribution in [0.5, 0.6) is 0 Å². The third-order valence-corrected chi connectivity index (χ3v) is 5.80. The van der Waals surface area contributed by atoms with Gasteiger partial charge in [0.05, 0.1) is 13.7 Å². The first-order valence-electron chi connectivity index (χ1n) is 8.92. The van der Waals surface area contributed by atoms with E-state index in [9.17, 15) is 40.2 Å². The highest BCUT2D eigenvalue weighted by Crippen LogP contribution is 2.51. The number of esters is 1. The summed E-state index contributed by atoms with van der Waals surface area (Å²) in [5.74, 6) is -2.92. The first-order chi connectivity index (χ1) is 13.5. The number of carbonyl (C=O) groups excluding carboxylic acids is 2. The molecular formula is C17H24O12. The molecule has 1 saturated carbocycles. The fourth-order valence-electron chi connectivity index (χ4n) is 3.99. The largest absolute Gasteiger partial charge is 0.468 e. The lowest BCUT2D eigenvalue weighted by Gasteiger charge is -2.48. The third-order valence-electron chi connectivity index (χ3n) is 5.80. The topological polar surface area (TPSA) is 192 Å². The van der Waals surface area contributed by atoms with Crippen LogP contribution in [0, 0.1) is 5.92 Å². The molecule has 29 heavy (non-hydrogen) atoms. The summed E-state index contributed by atoms with van der Waals surface area (Å²) in [6, 6.07) is 0. The number of aliphatic hydroxyl groups excluding tert-OH is 4. The smallest absolute Gasteiger partial charge is 0.340 e. The maximum absolute atomic E-state index is 12.5. The minimum absolute atomic E-state index is 0.320. The third kappa shape index (κ3) is 2.99. The van der Waals surface area contributed by atoms with E-state index < -0.39 is 78.0 Å². The lowest BCUT2D eigenvalue weighted by molar-refractivity contribution is -0.369. The van der Waals surface area contributed by atoms with Gasteiger partial charge in [-0.05, 0) is 0 Å². The number of hydrogen-bond acceptors (Lipinski definition) is 12. The molecule has 0 radical (unpaired) electrons. The number of rotatable bonds is 4. The van der Waals surface area contributed by atoms with Gasteiger partial charge in [0, 0.05) is 12.3 Å². The van der Waals surface area contributed by atoms with Crippen LogP contribution in [0.2, 0.25) is 0 Å². The summed E-state index contributed by atoms with van der Waals surface area (Å²) in [6.07, 6.45) is -9.63. The Morgan fingerprint density at radius 2 is 1.90 bits per heavy atom. The standard InChI is InChI=1S/C17H24O12/c1-6-3-9(19)17(25)7(13(23)26-2)5-27-15(16(6,17)24)29-14-12(22)11(21)10(20)8(4-18)28-14/h5-6,8,10-12,14-15,18,20-22,24-25H,3-4H2,1-2H3. The number of carbonyl (C=O) groups is 2. The van der Waals surface area contributed by atoms with Crippen molar-refractivity contribution in [3.05, 3.63) is 11.8 Å². The zero-order chi connectivity index (χ0) is 21.7. The van der Waals surface area contributed by atoms with Crippen molar-refractivity contribution < 1.29 is 59.2 Å². The van der Waals surface area contributed by atoms with Gasteiger partial charge >= 0.3 is 5.97 Å². The van der Waals surface area contributed by atoms with E-state index in [1.165, 1.54) is 6.92 Å². The van der Waals surface area contributed by atoms with Crippen LogP contribution in [-0.2, 0) is 28.5 Å². The van der Waals surface area contributed by atoms with Gasteiger partial charge in [-0.3, -0.25) is 4.79 Å². The number of ketones is 1. The Labute approximate surface area is 164 Å². The molecule has 0 spiro atoms. The van der Waals surface area contributed by atoms with E-state index in [2.05, 4.69) is 4.74 Å². The number of fused-ring (bicyclic) bond motifs is 1. The fraction of sp³-hybridized carbons (Fsp3) is 0.765. The predicted octanol–water partition coefficient (Wildman–Crippen LogP) is -3.71. The molecule has 1 aliphatic carbocycles. The van der Waals surface area contributed by atoms with Crippen molar-refractivity contribution in [1.29, 1.82) is 0 Å². The van der Waals surface area contributed by atoms with Crippen LogP contribution in [0.15, 0.2) is 11.8 Å². The van der Waals surface area contributed by atoms with Crippen molar-refractivity contribution in [3.63, 3.8) is 0 Å². The maximum atomic E-state index is 12.5. The van der Waals surface area contributed by atoms with Crippen molar-refractivity contribution in [1.82, 2.24) is 0 Å². The second-order valence-corrected chi connectivity index (χ2v) is 7.39. The van der Waals surface area contributed by atoms with Gasteiger partial charge in [0.1, 0.15) is 36.3 Å². The van der Waals surface area contributed by atoms with Gasteiger partial charge in [0.2, 0.25) is 6.29 Å². The van der Waals surface area contributed by atoms with Crippen molar-refractivity contribution in [2.75, 3.05) is 13.7 Å². The van der Waals surface area contributed by atoms with Gasteiger partial charge in [-0.2, -0.15) is 0 Å². The molecule has 0 aromatic carbocycles. The molecule has 2 fully saturated rings. The van der Waals surface area contributed by atoms with Gasteiger partial charge in [0.15, 0.2) is 23.3 Å². The average molecular weight is 420 g/mol. The van der Waals surface area contributed by atoms with Gasteiger partial charge in [-0.25, -0.2) is 4.79 Å². The highest BCUT2D eigenvalue weighted by molar-refractivity contribution is 6.05. The Kier molecular flexibility index (Phi) is 5.75. The maximum Gasteiger partial charge on any atom is 0.340 e. The number of hydrogen-bond donors (Lipinski definition) is 6. The van der Waals surface area contributed by atoms with Crippen LogP contribution in [-0.4, -0.2) is 104 Å². The molecule has 12 heteroatoms. The molecule has 9 atom stereocenters. The molecule has 2 aliphatic heterocycles. The van der Waals surface area contributed by atoms with E-state index in [4.69, 9.17) is 14.2 Å². The van der Waals surface area contributed by atoms with Crippen LogP contribution in [0.1, 0.15) is 13.3 Å². The van der Waals surface area contributed by atoms with E-state index in [0.717, 1.165) is 7.11 Å². The van der Waals surface area contributed by atoms with Crippen LogP contribution in [0.3, 0.4) is 0 Å². The lowest BCUT2D eigenvalue weighted by Crippen LogP contribution is -2.69. The molecule has 0 aromatic rings. The molecule has 164 valence electrons. The fourth-order valence-corrected chi connectivity index (χ4v) is 3.99. The highest BCUT2D eigenvalue weighted by Gasteiger charge is 2.73. The Morgan fingerprint density at radius 1 is 1.24 bits per heavy atom. The monoisotopic (exact) mass is 420 g/mol. The normalized spacial score (nSPS) is 47.2. The Balaban J connectivity index is 1.95. The van der Waals surface area contributed by atoms with Crippen LogP contribution in [0.4, 0.5) is 0 Å². The second-order valence-electron chi connectivity index (χ2n) is 7.39. The zero-order valence-electron chi connectivity index (χ0n) is 15.7. The molecule has 2 heterocycles. The Bertz CT molecular complexity index is 707. The van der Waals surface area contributed by atoms with Crippen LogP contribution in [0.25, 0.3) is 0 Å². The molecule has 6 N–H and O–H groups in total. The lowest BCUT2D eigenvalue weighted by atomic mass is 9.74. The van der Waals surface area contributed by atoms with E-state index in [1.54, 1.807) is 0 Å². The van der Waals surface area contributed by atoms with E-state index in [-0.39, 0.29) is 6.42 Å². The molecular weight excluding hydrogens is 396 g/mol. The number of Topliss-reactive ketones (excluding diaryl/α,β-unsaturated/α-hetero) is 1. The summed E-state index contributed by atoms with van der Waals surface area (Å²) >= 11 is 0. The summed E-state index contributed by atoms with van der Waals surface area (Å²) in [4.78, 5) is 24.5. The van der Waals surface area contributed by atoms with Crippen molar-refractivity contribution in [2.45, 2.75) is 61.5 Å². The van der Waals surface area contributed by atoms with Gasteiger partial charge in [-0.15, -0.1) is 0 Å². The molecule has 9 unspecified atom stereocenters. The number of ether oxygens (including phenoxy) is 4. The quantitative estimate of drug-likeness (QED) is 0.244. The number of methoxy groups -OCH3 is 1. The van der Waals surface area contributed by atoms with Crippen LogP contribution < -0.4 is 0 Å². The molecule has 0 aromatic heterocycles. The molecule has 3 aliphatic rings. The predicted molar refractivity (Wildman–Crippen MR) is 88.5 cm³/mol. The Morgan fingerprint density at radius 3 is 2.48 bits per heavy atom. The van der Waals surface area contributed by atoms with Crippen molar-refractivity contribution in [3.8, 4) is 0 Å².